The topological polar surface area (TPSA) is 58.4 Å². The van der Waals surface area contributed by atoms with E-state index in [0.717, 1.165) is 23.4 Å². The van der Waals surface area contributed by atoms with Crippen molar-refractivity contribution in [1.29, 1.82) is 0 Å². The van der Waals surface area contributed by atoms with Crippen LogP contribution in [-0.4, -0.2) is 25.0 Å². The van der Waals surface area contributed by atoms with Gasteiger partial charge in [0.25, 0.3) is 0 Å². The van der Waals surface area contributed by atoms with E-state index in [9.17, 15) is 4.79 Å². The van der Waals surface area contributed by atoms with Crippen molar-refractivity contribution >= 4 is 17.3 Å². The number of rotatable bonds is 4. The summed E-state index contributed by atoms with van der Waals surface area (Å²) < 4.78 is 0. The van der Waals surface area contributed by atoms with Crippen molar-refractivity contribution in [2.45, 2.75) is 32.2 Å². The van der Waals surface area contributed by atoms with Crippen LogP contribution < -0.4 is 16.0 Å². The first kappa shape index (κ1) is 12.9. The van der Waals surface area contributed by atoms with Gasteiger partial charge in [-0.2, -0.15) is 0 Å². The summed E-state index contributed by atoms with van der Waals surface area (Å²) in [5.74, 6) is 0.156. The Kier molecular flexibility index (Phi) is 3.30. The summed E-state index contributed by atoms with van der Waals surface area (Å²) >= 11 is 0. The van der Waals surface area contributed by atoms with Gasteiger partial charge < -0.3 is 16.0 Å². The summed E-state index contributed by atoms with van der Waals surface area (Å²) in [5.41, 5.74) is 8.73. The highest BCUT2D eigenvalue weighted by Gasteiger charge is 2.24. The number of fused-ring (bicyclic) bond motifs is 1. The highest BCUT2D eigenvalue weighted by molar-refractivity contribution is 6.01. The molecule has 0 saturated carbocycles. The molecule has 4 nitrogen and oxygen atoms in total. The van der Waals surface area contributed by atoms with Crippen LogP contribution in [0.25, 0.3) is 0 Å². The summed E-state index contributed by atoms with van der Waals surface area (Å²) in [6.45, 7) is 4.92. The van der Waals surface area contributed by atoms with Crippen LogP contribution >= 0.6 is 0 Å². The monoisotopic (exact) mass is 247 g/mol. The number of benzene rings is 1. The zero-order valence-corrected chi connectivity index (χ0v) is 11.3. The molecule has 0 aromatic heterocycles. The molecule has 0 spiro atoms. The maximum Gasteiger partial charge on any atom is 0.231 e. The van der Waals surface area contributed by atoms with Crippen molar-refractivity contribution in [2.75, 3.05) is 23.8 Å². The van der Waals surface area contributed by atoms with Crippen LogP contribution in [0.2, 0.25) is 0 Å². The minimum absolute atomic E-state index is 0.0303. The molecule has 1 aliphatic heterocycles. The molecule has 18 heavy (non-hydrogen) atoms. The number of hydrogen-bond acceptors (Lipinski definition) is 3. The van der Waals surface area contributed by atoms with Gasteiger partial charge in [-0.15, -0.1) is 0 Å². The van der Waals surface area contributed by atoms with Gasteiger partial charge in [0.15, 0.2) is 0 Å². The van der Waals surface area contributed by atoms with Gasteiger partial charge in [0, 0.05) is 24.0 Å². The van der Waals surface area contributed by atoms with Crippen LogP contribution in [0, 0.1) is 0 Å². The molecule has 0 saturated heterocycles. The first-order chi connectivity index (χ1) is 8.43. The van der Waals surface area contributed by atoms with Crippen LogP contribution in [0.5, 0.6) is 0 Å². The van der Waals surface area contributed by atoms with Gasteiger partial charge in [0.05, 0.1) is 6.42 Å². The average Bonchev–Trinajstić information content (AvgIpc) is 2.53. The van der Waals surface area contributed by atoms with Crippen molar-refractivity contribution in [1.82, 2.24) is 0 Å². The number of carbonyl (C=O) groups excluding carboxylic acids is 1. The lowest BCUT2D eigenvalue weighted by Gasteiger charge is -2.27. The molecule has 0 aliphatic carbocycles. The van der Waals surface area contributed by atoms with Crippen LogP contribution in [-0.2, 0) is 11.2 Å². The Morgan fingerprint density at radius 3 is 2.83 bits per heavy atom. The minimum Gasteiger partial charge on any atom is -0.380 e. The lowest BCUT2D eigenvalue weighted by molar-refractivity contribution is -0.117. The van der Waals surface area contributed by atoms with E-state index < -0.39 is 0 Å². The molecule has 0 bridgehead atoms. The minimum atomic E-state index is -0.0303. The van der Waals surface area contributed by atoms with Crippen molar-refractivity contribution < 1.29 is 4.79 Å². The van der Waals surface area contributed by atoms with Crippen LogP contribution in [0.15, 0.2) is 18.2 Å². The largest absolute Gasteiger partial charge is 0.380 e. The fraction of sp³-hybridized carbons (Fsp3) is 0.500. The predicted molar refractivity (Wildman–Crippen MR) is 74.9 cm³/mol. The molecule has 0 radical (unpaired) electrons. The van der Waals surface area contributed by atoms with Gasteiger partial charge >= 0.3 is 0 Å². The van der Waals surface area contributed by atoms with E-state index in [1.807, 2.05) is 19.2 Å². The molecule has 0 fully saturated rings. The van der Waals surface area contributed by atoms with E-state index in [1.165, 1.54) is 0 Å². The Morgan fingerprint density at radius 2 is 2.17 bits per heavy atom. The average molecular weight is 247 g/mol. The Labute approximate surface area is 108 Å². The third-order valence-corrected chi connectivity index (χ3v) is 3.41. The molecular formula is C14H21N3O. The third-order valence-electron chi connectivity index (χ3n) is 3.41. The molecule has 0 atom stereocenters. The molecule has 98 valence electrons. The SMILES string of the molecule is CN1C(=O)Cc2cc(NC(C)(C)CCN)ccc21. The first-order valence-corrected chi connectivity index (χ1v) is 6.31. The molecule has 1 amide bonds. The Hall–Kier alpha value is -1.55. The normalized spacial score (nSPS) is 14.9. The van der Waals surface area contributed by atoms with Crippen molar-refractivity contribution in [3.63, 3.8) is 0 Å². The van der Waals surface area contributed by atoms with Gasteiger partial charge in [0.1, 0.15) is 0 Å². The fourth-order valence-electron chi connectivity index (χ4n) is 2.36. The van der Waals surface area contributed by atoms with Crippen molar-refractivity contribution in [2.24, 2.45) is 5.73 Å². The maximum absolute atomic E-state index is 11.6. The van der Waals surface area contributed by atoms with E-state index >= 15 is 0 Å². The number of amides is 1. The summed E-state index contributed by atoms with van der Waals surface area (Å²) in [4.78, 5) is 13.3. The van der Waals surface area contributed by atoms with Gasteiger partial charge in [-0.05, 0) is 50.6 Å². The molecule has 1 aliphatic rings. The molecule has 4 heteroatoms. The van der Waals surface area contributed by atoms with Gasteiger partial charge in [-0.1, -0.05) is 0 Å². The van der Waals surface area contributed by atoms with E-state index in [0.29, 0.717) is 13.0 Å². The number of likely N-dealkylation sites (N-methyl/N-ethyl adjacent to an activating group) is 1. The summed E-state index contributed by atoms with van der Waals surface area (Å²) in [6.07, 6.45) is 1.40. The number of nitrogens with one attached hydrogen (secondary N) is 1. The van der Waals surface area contributed by atoms with E-state index in [4.69, 9.17) is 5.73 Å². The molecule has 2 rings (SSSR count). The van der Waals surface area contributed by atoms with Gasteiger partial charge in [-0.25, -0.2) is 0 Å². The quantitative estimate of drug-likeness (QED) is 0.852. The fourth-order valence-corrected chi connectivity index (χ4v) is 2.36. The lowest BCUT2D eigenvalue weighted by Crippen LogP contribution is -2.33. The molecule has 1 aromatic rings. The number of anilines is 2. The zero-order valence-electron chi connectivity index (χ0n) is 11.3. The molecule has 3 N–H and O–H groups in total. The number of nitrogens with zero attached hydrogens (tertiary/aromatic N) is 1. The summed E-state index contributed by atoms with van der Waals surface area (Å²) in [6, 6.07) is 6.09. The smallest absolute Gasteiger partial charge is 0.231 e. The number of carbonyl (C=O) groups is 1. The zero-order chi connectivity index (χ0) is 13.3. The second kappa shape index (κ2) is 4.61. The highest BCUT2D eigenvalue weighted by atomic mass is 16.2. The van der Waals surface area contributed by atoms with Gasteiger partial charge in [-0.3, -0.25) is 4.79 Å². The number of nitrogens with two attached hydrogens (primary N) is 1. The van der Waals surface area contributed by atoms with E-state index in [1.54, 1.807) is 4.90 Å². The Morgan fingerprint density at radius 1 is 1.44 bits per heavy atom. The summed E-state index contributed by atoms with van der Waals surface area (Å²) in [7, 11) is 1.82. The molecule has 1 aromatic carbocycles. The predicted octanol–water partition coefficient (Wildman–Crippen LogP) is 1.74. The van der Waals surface area contributed by atoms with Crippen LogP contribution in [0.1, 0.15) is 25.8 Å². The van der Waals surface area contributed by atoms with Gasteiger partial charge in [0.2, 0.25) is 5.91 Å². The second-order valence-corrected chi connectivity index (χ2v) is 5.52. The number of hydrogen-bond donors (Lipinski definition) is 2. The molecule has 0 unspecified atom stereocenters. The standard InChI is InChI=1S/C14H21N3O/c1-14(2,6-7-15)16-11-4-5-12-10(8-11)9-13(18)17(12)3/h4-5,8,16H,6-7,9,15H2,1-3H3. The van der Waals surface area contributed by atoms with Crippen LogP contribution in [0.3, 0.4) is 0 Å². The van der Waals surface area contributed by atoms with E-state index in [2.05, 4.69) is 25.2 Å². The Balaban J connectivity index is 2.19. The van der Waals surface area contributed by atoms with Crippen molar-refractivity contribution in [3.8, 4) is 0 Å². The van der Waals surface area contributed by atoms with Crippen LogP contribution in [0.4, 0.5) is 11.4 Å². The van der Waals surface area contributed by atoms with Crippen molar-refractivity contribution in [3.05, 3.63) is 23.8 Å². The highest BCUT2D eigenvalue weighted by Crippen LogP contribution is 2.31. The molecular weight excluding hydrogens is 226 g/mol. The third kappa shape index (κ3) is 2.48. The summed E-state index contributed by atoms with van der Waals surface area (Å²) in [5, 5.41) is 3.47. The first-order valence-electron chi connectivity index (χ1n) is 6.31. The molecule has 1 heterocycles. The van der Waals surface area contributed by atoms with E-state index in [-0.39, 0.29) is 11.4 Å². The lowest BCUT2D eigenvalue weighted by atomic mass is 10.00. The second-order valence-electron chi connectivity index (χ2n) is 5.52. The Bertz CT molecular complexity index is 468. The maximum atomic E-state index is 11.6.